The molecule has 4 bridgehead atoms. The lowest BCUT2D eigenvalue weighted by Gasteiger charge is -2.57. The molecule has 4 fully saturated rings. The molecule has 2 aromatic rings. The fourth-order valence-electron chi connectivity index (χ4n) is 7.62. The van der Waals surface area contributed by atoms with E-state index >= 15 is 0 Å². The smallest absolute Gasteiger partial charge is 0.00391 e. The zero-order valence-corrected chi connectivity index (χ0v) is 17.4. The van der Waals surface area contributed by atoms with E-state index < -0.39 is 0 Å². The van der Waals surface area contributed by atoms with Crippen molar-refractivity contribution in [2.24, 2.45) is 17.8 Å². The molecule has 0 atom stereocenters. The van der Waals surface area contributed by atoms with E-state index in [9.17, 15) is 0 Å². The number of allylic oxidation sites excluding steroid dienone is 1. The van der Waals surface area contributed by atoms with Crippen LogP contribution in [0.25, 0.3) is 17.2 Å². The molecule has 0 aromatic heterocycles. The van der Waals surface area contributed by atoms with Gasteiger partial charge in [0.15, 0.2) is 0 Å². The minimum atomic E-state index is 0.511. The van der Waals surface area contributed by atoms with Crippen molar-refractivity contribution in [1.29, 1.82) is 0 Å². The number of benzene rings is 2. The maximum Gasteiger partial charge on any atom is -0.00391 e. The van der Waals surface area contributed by atoms with Crippen molar-refractivity contribution in [1.82, 2.24) is 0 Å². The van der Waals surface area contributed by atoms with Gasteiger partial charge in [-0.25, -0.2) is 0 Å². The normalized spacial score (nSPS) is 32.5. The van der Waals surface area contributed by atoms with E-state index in [1.165, 1.54) is 66.3 Å². The summed E-state index contributed by atoms with van der Waals surface area (Å²) in [5, 5.41) is 0. The predicted molar refractivity (Wildman–Crippen MR) is 118 cm³/mol. The van der Waals surface area contributed by atoms with E-state index in [2.05, 4.69) is 56.3 Å². The van der Waals surface area contributed by atoms with Gasteiger partial charge in [0, 0.05) is 0 Å². The van der Waals surface area contributed by atoms with Crippen LogP contribution < -0.4 is 0 Å². The van der Waals surface area contributed by atoms with Crippen LogP contribution in [0.4, 0.5) is 0 Å². The van der Waals surface area contributed by atoms with Gasteiger partial charge in [0.1, 0.15) is 0 Å². The van der Waals surface area contributed by atoms with Crippen molar-refractivity contribution in [2.75, 3.05) is 0 Å². The van der Waals surface area contributed by atoms with Gasteiger partial charge in [0.2, 0.25) is 0 Å². The summed E-state index contributed by atoms with van der Waals surface area (Å²) in [6.45, 7) is 4.53. The summed E-state index contributed by atoms with van der Waals surface area (Å²) >= 11 is 0. The highest BCUT2D eigenvalue weighted by Gasteiger charge is 2.51. The largest absolute Gasteiger partial charge is 0.0655 e. The van der Waals surface area contributed by atoms with Crippen LogP contribution in [-0.2, 0) is 11.8 Å². The zero-order valence-electron chi connectivity index (χ0n) is 17.4. The summed E-state index contributed by atoms with van der Waals surface area (Å²) in [5.74, 6) is 3.05. The summed E-state index contributed by atoms with van der Waals surface area (Å²) in [7, 11) is 0. The van der Waals surface area contributed by atoms with Crippen LogP contribution >= 0.6 is 0 Å². The molecule has 0 heteroatoms. The number of aryl methyl sites for hydroxylation is 1. The van der Waals surface area contributed by atoms with Crippen LogP contribution in [0.5, 0.6) is 0 Å². The van der Waals surface area contributed by atoms with E-state index in [1.54, 1.807) is 11.1 Å². The Balaban J connectivity index is 1.37. The summed E-state index contributed by atoms with van der Waals surface area (Å²) in [6, 6.07) is 14.6. The lowest BCUT2D eigenvalue weighted by atomic mass is 9.48. The second-order valence-electron chi connectivity index (χ2n) is 10.5. The van der Waals surface area contributed by atoms with Gasteiger partial charge in [0.25, 0.3) is 0 Å². The van der Waals surface area contributed by atoms with E-state index in [1.807, 2.05) is 0 Å². The SMILES string of the molecule is CCC1=Cc2c(cc(C)cc2-c2ccc(C34CC5CC(CC(C5)C3)C4)cc2)C1. The minimum absolute atomic E-state index is 0.511. The molecule has 5 aliphatic carbocycles. The predicted octanol–water partition coefficient (Wildman–Crippen LogP) is 7.48. The molecule has 0 amide bonds. The van der Waals surface area contributed by atoms with Crippen LogP contribution in [-0.4, -0.2) is 0 Å². The molecule has 0 heterocycles. The van der Waals surface area contributed by atoms with Gasteiger partial charge < -0.3 is 0 Å². The number of rotatable bonds is 3. The third-order valence-electron chi connectivity index (χ3n) is 8.48. The third-order valence-corrected chi connectivity index (χ3v) is 8.48. The Morgan fingerprint density at radius 1 is 0.893 bits per heavy atom. The Kier molecular flexibility index (Phi) is 3.71. The van der Waals surface area contributed by atoms with Crippen molar-refractivity contribution in [3.8, 4) is 11.1 Å². The second kappa shape index (κ2) is 6.09. The highest BCUT2D eigenvalue weighted by atomic mass is 14.6. The standard InChI is InChI=1S/C28H32/c1-3-19-13-24-8-18(2)9-26(27(24)14-19)23-4-6-25(7-5-23)28-15-20-10-21(16-28)12-22(11-20)17-28/h4-9,14,20-22H,3,10-13,15-17H2,1-2H3. The van der Waals surface area contributed by atoms with Gasteiger partial charge in [-0.15, -0.1) is 0 Å². The molecular weight excluding hydrogens is 336 g/mol. The van der Waals surface area contributed by atoms with E-state index in [-0.39, 0.29) is 0 Å². The number of hydrogen-bond acceptors (Lipinski definition) is 0. The quantitative estimate of drug-likeness (QED) is 0.527. The summed E-state index contributed by atoms with van der Waals surface area (Å²) < 4.78 is 0. The molecule has 7 rings (SSSR count). The van der Waals surface area contributed by atoms with Gasteiger partial charge >= 0.3 is 0 Å². The van der Waals surface area contributed by atoms with Crippen LogP contribution in [0.3, 0.4) is 0 Å². The lowest BCUT2D eigenvalue weighted by Crippen LogP contribution is -2.48. The van der Waals surface area contributed by atoms with E-state index in [0.29, 0.717) is 5.41 Å². The first-order valence-electron chi connectivity index (χ1n) is 11.6. The summed E-state index contributed by atoms with van der Waals surface area (Å²) in [6.07, 6.45) is 13.7. The molecule has 0 spiro atoms. The molecule has 5 aliphatic rings. The van der Waals surface area contributed by atoms with Gasteiger partial charge in [-0.05, 0) is 109 Å². The van der Waals surface area contributed by atoms with Crippen molar-refractivity contribution in [3.63, 3.8) is 0 Å². The monoisotopic (exact) mass is 368 g/mol. The topological polar surface area (TPSA) is 0 Å². The van der Waals surface area contributed by atoms with E-state index in [4.69, 9.17) is 0 Å². The first kappa shape index (κ1) is 17.1. The molecule has 28 heavy (non-hydrogen) atoms. The molecule has 0 N–H and O–H groups in total. The minimum Gasteiger partial charge on any atom is -0.0655 e. The Bertz CT molecular complexity index is 921. The maximum absolute atomic E-state index is 2.50. The number of fused-ring (bicyclic) bond motifs is 1. The van der Waals surface area contributed by atoms with Crippen LogP contribution in [0, 0.1) is 24.7 Å². The molecule has 0 nitrogen and oxygen atoms in total. The molecule has 4 saturated carbocycles. The maximum atomic E-state index is 2.50. The number of hydrogen-bond donors (Lipinski definition) is 0. The van der Waals surface area contributed by atoms with Gasteiger partial charge in [-0.2, -0.15) is 0 Å². The third kappa shape index (κ3) is 2.56. The first-order valence-corrected chi connectivity index (χ1v) is 11.6. The van der Waals surface area contributed by atoms with E-state index in [0.717, 1.165) is 30.6 Å². The van der Waals surface area contributed by atoms with Crippen LogP contribution in [0.15, 0.2) is 42.0 Å². The van der Waals surface area contributed by atoms with Gasteiger partial charge in [0.05, 0.1) is 0 Å². The average Bonchev–Trinajstić information content (AvgIpc) is 3.09. The van der Waals surface area contributed by atoms with Crippen molar-refractivity contribution in [3.05, 3.63) is 64.2 Å². The zero-order chi connectivity index (χ0) is 18.9. The Morgan fingerprint density at radius 2 is 1.54 bits per heavy atom. The van der Waals surface area contributed by atoms with Gasteiger partial charge in [-0.1, -0.05) is 60.5 Å². The van der Waals surface area contributed by atoms with Gasteiger partial charge in [-0.3, -0.25) is 0 Å². The molecule has 2 aromatic carbocycles. The summed E-state index contributed by atoms with van der Waals surface area (Å²) in [5.41, 5.74) is 11.0. The van der Waals surface area contributed by atoms with Crippen molar-refractivity contribution < 1.29 is 0 Å². The average molecular weight is 369 g/mol. The highest BCUT2D eigenvalue weighted by molar-refractivity contribution is 5.81. The molecule has 0 radical (unpaired) electrons. The van der Waals surface area contributed by atoms with Crippen molar-refractivity contribution >= 4 is 6.08 Å². The molecule has 0 aliphatic heterocycles. The Hall–Kier alpha value is -1.82. The molecule has 0 saturated heterocycles. The molecule has 0 unspecified atom stereocenters. The Morgan fingerprint density at radius 3 is 2.14 bits per heavy atom. The summed E-state index contributed by atoms with van der Waals surface area (Å²) in [4.78, 5) is 0. The van der Waals surface area contributed by atoms with Crippen LogP contribution in [0.1, 0.15) is 74.1 Å². The fraction of sp³-hybridized carbons (Fsp3) is 0.500. The Labute approximate surface area is 170 Å². The first-order chi connectivity index (χ1) is 13.6. The van der Waals surface area contributed by atoms with Crippen molar-refractivity contribution in [2.45, 2.75) is 70.6 Å². The lowest BCUT2D eigenvalue weighted by molar-refractivity contribution is -0.00518. The fourth-order valence-corrected chi connectivity index (χ4v) is 7.62. The van der Waals surface area contributed by atoms with Crippen LogP contribution in [0.2, 0.25) is 0 Å². The second-order valence-corrected chi connectivity index (χ2v) is 10.5. The molecular formula is C28H32. The highest BCUT2D eigenvalue weighted by Crippen LogP contribution is 2.60. The molecule has 144 valence electrons.